The Morgan fingerprint density at radius 3 is 2.59 bits per heavy atom. The Labute approximate surface area is 186 Å². The minimum atomic E-state index is -0.634. The third-order valence-electron chi connectivity index (χ3n) is 4.74. The lowest BCUT2D eigenvalue weighted by atomic mass is 10.1. The summed E-state index contributed by atoms with van der Waals surface area (Å²) in [7, 11) is 1.48. The molecule has 9 nitrogen and oxygen atoms in total. The van der Waals surface area contributed by atoms with Crippen molar-refractivity contribution >= 4 is 23.4 Å². The Bertz CT molecular complexity index is 1010. The molecule has 3 rings (SSSR count). The van der Waals surface area contributed by atoms with E-state index in [9.17, 15) is 14.4 Å². The first-order chi connectivity index (χ1) is 15.3. The molecule has 3 amide bonds. The monoisotopic (exact) mass is 441 g/mol. The number of rotatable bonds is 7. The van der Waals surface area contributed by atoms with E-state index in [0.29, 0.717) is 28.5 Å². The summed E-state index contributed by atoms with van der Waals surface area (Å²) >= 11 is 0. The number of anilines is 1. The van der Waals surface area contributed by atoms with Crippen LogP contribution in [-0.2, 0) is 9.59 Å². The summed E-state index contributed by atoms with van der Waals surface area (Å²) in [6.45, 7) is 5.59. The van der Waals surface area contributed by atoms with Gasteiger partial charge in [0, 0.05) is 18.5 Å². The van der Waals surface area contributed by atoms with E-state index in [1.807, 2.05) is 19.9 Å². The van der Waals surface area contributed by atoms with Crippen molar-refractivity contribution in [2.24, 2.45) is 0 Å². The Morgan fingerprint density at radius 1 is 1.12 bits per heavy atom. The van der Waals surface area contributed by atoms with Crippen molar-refractivity contribution < 1.29 is 28.6 Å². The molecule has 0 radical (unpaired) electrons. The van der Waals surface area contributed by atoms with Crippen molar-refractivity contribution in [2.75, 3.05) is 18.6 Å². The highest BCUT2D eigenvalue weighted by Gasteiger charge is 2.31. The van der Waals surface area contributed by atoms with E-state index >= 15 is 0 Å². The fourth-order valence-electron chi connectivity index (χ4n) is 3.22. The standard InChI is InChI=1S/C23H27N3O6/c1-14(2)31-19-10-9-16(13-20(19)30-4)22(28)25-24-21(27)11-12-26-17-7-5-6-8-18(17)32-15(3)23(26)29/h5-10,13-15H,11-12H2,1-4H3,(H,24,27)(H,25,28). The number of carbonyl (C=O) groups is 3. The van der Waals surface area contributed by atoms with Crippen LogP contribution in [0.25, 0.3) is 0 Å². The molecule has 170 valence electrons. The number of hydrogen-bond acceptors (Lipinski definition) is 6. The predicted octanol–water partition coefficient (Wildman–Crippen LogP) is 2.45. The third kappa shape index (κ3) is 5.29. The van der Waals surface area contributed by atoms with E-state index in [4.69, 9.17) is 14.2 Å². The minimum absolute atomic E-state index is 0.00242. The minimum Gasteiger partial charge on any atom is -0.493 e. The number of benzene rings is 2. The molecule has 0 saturated heterocycles. The Balaban J connectivity index is 1.56. The van der Waals surface area contributed by atoms with Crippen LogP contribution in [0.4, 0.5) is 5.69 Å². The Morgan fingerprint density at radius 2 is 1.88 bits per heavy atom. The highest BCUT2D eigenvalue weighted by Crippen LogP contribution is 2.33. The van der Waals surface area contributed by atoms with Crippen LogP contribution in [0.1, 0.15) is 37.6 Å². The number of nitrogens with zero attached hydrogens (tertiary/aromatic N) is 1. The molecule has 1 atom stereocenters. The predicted molar refractivity (Wildman–Crippen MR) is 118 cm³/mol. The first-order valence-corrected chi connectivity index (χ1v) is 10.3. The molecule has 32 heavy (non-hydrogen) atoms. The smallest absolute Gasteiger partial charge is 0.269 e. The number of hydrazine groups is 1. The summed E-state index contributed by atoms with van der Waals surface area (Å²) in [6.07, 6.45) is -0.682. The summed E-state index contributed by atoms with van der Waals surface area (Å²) in [5.41, 5.74) is 5.66. The van der Waals surface area contributed by atoms with Gasteiger partial charge in [-0.15, -0.1) is 0 Å². The molecule has 0 bridgehead atoms. The number of methoxy groups -OCH3 is 1. The second kappa shape index (κ2) is 10.0. The lowest BCUT2D eigenvalue weighted by Crippen LogP contribution is -2.47. The molecule has 1 heterocycles. The van der Waals surface area contributed by atoms with Gasteiger partial charge in [0.1, 0.15) is 5.75 Å². The van der Waals surface area contributed by atoms with Crippen LogP contribution in [-0.4, -0.2) is 43.6 Å². The van der Waals surface area contributed by atoms with Gasteiger partial charge in [0.2, 0.25) is 5.91 Å². The van der Waals surface area contributed by atoms with E-state index in [1.165, 1.54) is 18.1 Å². The van der Waals surface area contributed by atoms with Crippen molar-refractivity contribution in [3.05, 3.63) is 48.0 Å². The molecule has 2 N–H and O–H groups in total. The van der Waals surface area contributed by atoms with E-state index in [2.05, 4.69) is 10.9 Å². The van der Waals surface area contributed by atoms with Gasteiger partial charge in [-0.3, -0.25) is 25.2 Å². The zero-order valence-corrected chi connectivity index (χ0v) is 18.5. The van der Waals surface area contributed by atoms with Gasteiger partial charge in [-0.25, -0.2) is 0 Å². The first-order valence-electron chi connectivity index (χ1n) is 10.3. The highest BCUT2D eigenvalue weighted by atomic mass is 16.5. The van der Waals surface area contributed by atoms with Gasteiger partial charge < -0.3 is 19.1 Å². The molecule has 0 fully saturated rings. The normalized spacial score (nSPS) is 15.0. The second-order valence-corrected chi connectivity index (χ2v) is 7.50. The number of hydrogen-bond donors (Lipinski definition) is 2. The Kier molecular flexibility index (Phi) is 7.19. The van der Waals surface area contributed by atoms with Crippen LogP contribution in [0.2, 0.25) is 0 Å². The largest absolute Gasteiger partial charge is 0.493 e. The fraction of sp³-hybridized carbons (Fsp3) is 0.348. The van der Waals surface area contributed by atoms with Gasteiger partial charge in [0.15, 0.2) is 17.6 Å². The SMILES string of the molecule is COc1cc(C(=O)NNC(=O)CCN2C(=O)C(C)Oc3ccccc32)ccc1OC(C)C. The van der Waals surface area contributed by atoms with Crippen molar-refractivity contribution in [1.29, 1.82) is 0 Å². The maximum absolute atomic E-state index is 12.5. The van der Waals surface area contributed by atoms with Gasteiger partial charge in [-0.2, -0.15) is 0 Å². The first kappa shape index (κ1) is 22.9. The number of nitrogens with one attached hydrogen (secondary N) is 2. The molecule has 0 saturated carbocycles. The summed E-state index contributed by atoms with van der Waals surface area (Å²) in [5.74, 6) is 0.358. The van der Waals surface area contributed by atoms with Crippen molar-refractivity contribution in [3.8, 4) is 17.2 Å². The zero-order chi connectivity index (χ0) is 23.3. The van der Waals surface area contributed by atoms with Crippen LogP contribution in [0.5, 0.6) is 17.2 Å². The molecule has 2 aromatic rings. The van der Waals surface area contributed by atoms with Crippen LogP contribution in [0.3, 0.4) is 0 Å². The maximum Gasteiger partial charge on any atom is 0.269 e. The summed E-state index contributed by atoms with van der Waals surface area (Å²) in [6, 6.07) is 11.9. The summed E-state index contributed by atoms with van der Waals surface area (Å²) in [5, 5.41) is 0. The van der Waals surface area contributed by atoms with Gasteiger partial charge >= 0.3 is 0 Å². The number of ether oxygens (including phenoxy) is 3. The van der Waals surface area contributed by atoms with Crippen LogP contribution in [0, 0.1) is 0 Å². The maximum atomic E-state index is 12.5. The van der Waals surface area contributed by atoms with Gasteiger partial charge in [0.05, 0.1) is 18.9 Å². The Hall–Kier alpha value is -3.75. The molecular formula is C23H27N3O6. The number of fused-ring (bicyclic) bond motifs is 1. The highest BCUT2D eigenvalue weighted by molar-refractivity contribution is 6.00. The lowest BCUT2D eigenvalue weighted by molar-refractivity contribution is -0.125. The average molecular weight is 441 g/mol. The number of para-hydroxylation sites is 2. The van der Waals surface area contributed by atoms with E-state index in [-0.39, 0.29) is 25.0 Å². The summed E-state index contributed by atoms with van der Waals surface area (Å²) < 4.78 is 16.5. The second-order valence-electron chi connectivity index (χ2n) is 7.50. The molecule has 0 aliphatic carbocycles. The average Bonchev–Trinajstić information content (AvgIpc) is 2.77. The van der Waals surface area contributed by atoms with Crippen LogP contribution < -0.4 is 30.0 Å². The topological polar surface area (TPSA) is 106 Å². The van der Waals surface area contributed by atoms with Crippen molar-refractivity contribution in [3.63, 3.8) is 0 Å². The molecule has 1 aliphatic heterocycles. The molecular weight excluding hydrogens is 414 g/mol. The molecule has 9 heteroatoms. The van der Waals surface area contributed by atoms with Crippen LogP contribution >= 0.6 is 0 Å². The van der Waals surface area contributed by atoms with Gasteiger partial charge in [-0.05, 0) is 51.1 Å². The molecule has 2 aromatic carbocycles. The number of carbonyl (C=O) groups excluding carboxylic acids is 3. The number of amides is 3. The zero-order valence-electron chi connectivity index (χ0n) is 18.5. The molecule has 1 unspecified atom stereocenters. The van der Waals surface area contributed by atoms with Crippen molar-refractivity contribution in [2.45, 2.75) is 39.4 Å². The van der Waals surface area contributed by atoms with Crippen molar-refractivity contribution in [1.82, 2.24) is 10.9 Å². The molecule has 0 aromatic heterocycles. The van der Waals surface area contributed by atoms with Gasteiger partial charge in [-0.1, -0.05) is 12.1 Å². The van der Waals surface area contributed by atoms with E-state index in [1.54, 1.807) is 37.3 Å². The van der Waals surface area contributed by atoms with Gasteiger partial charge in [0.25, 0.3) is 11.8 Å². The quantitative estimate of drug-likeness (QED) is 0.640. The fourth-order valence-corrected chi connectivity index (χ4v) is 3.22. The summed E-state index contributed by atoms with van der Waals surface area (Å²) in [4.78, 5) is 38.7. The van der Waals surface area contributed by atoms with E-state index in [0.717, 1.165) is 0 Å². The van der Waals surface area contributed by atoms with E-state index < -0.39 is 17.9 Å². The third-order valence-corrected chi connectivity index (χ3v) is 4.74. The lowest BCUT2D eigenvalue weighted by Gasteiger charge is -2.32. The molecule has 0 spiro atoms. The molecule has 1 aliphatic rings. The van der Waals surface area contributed by atoms with Crippen LogP contribution in [0.15, 0.2) is 42.5 Å².